The number of aliphatic hydroxyl groups excluding tert-OH is 1. The lowest BCUT2D eigenvalue weighted by Gasteiger charge is -2.24. The van der Waals surface area contributed by atoms with Crippen LogP contribution in [0.3, 0.4) is 0 Å². The molecule has 1 aromatic rings. The van der Waals surface area contributed by atoms with Gasteiger partial charge in [0.2, 0.25) is 5.89 Å². The van der Waals surface area contributed by atoms with Gasteiger partial charge in [-0.15, -0.1) is 0 Å². The highest BCUT2D eigenvalue weighted by Gasteiger charge is 2.31. The fourth-order valence-corrected chi connectivity index (χ4v) is 3.32. The lowest BCUT2D eigenvalue weighted by molar-refractivity contribution is -0.0264. The zero-order valence-corrected chi connectivity index (χ0v) is 13.8. The smallest absolute Gasteiger partial charge is 0.226 e. The van der Waals surface area contributed by atoms with Crippen molar-refractivity contribution in [3.05, 3.63) is 11.7 Å². The average Bonchev–Trinajstić information content (AvgIpc) is 3.28. The number of aryl methyl sites for hydroxylation is 1. The second kappa shape index (κ2) is 8.19. The molecule has 7 nitrogen and oxygen atoms in total. The molecule has 0 saturated carbocycles. The molecular weight excluding hydrogens is 298 g/mol. The summed E-state index contributed by atoms with van der Waals surface area (Å²) in [5, 5.41) is 14.3. The molecule has 23 heavy (non-hydrogen) atoms. The third-order valence-electron chi connectivity index (χ3n) is 4.53. The van der Waals surface area contributed by atoms with Gasteiger partial charge in [0.25, 0.3) is 0 Å². The predicted octanol–water partition coefficient (Wildman–Crippen LogP) is 1.33. The normalized spacial score (nSPS) is 26.9. The van der Waals surface area contributed by atoms with Crippen LogP contribution in [0, 0.1) is 0 Å². The van der Waals surface area contributed by atoms with Crippen molar-refractivity contribution in [2.75, 3.05) is 32.9 Å². The highest BCUT2D eigenvalue weighted by Crippen LogP contribution is 2.30. The molecule has 3 atom stereocenters. The van der Waals surface area contributed by atoms with Crippen molar-refractivity contribution >= 4 is 0 Å². The Kier molecular flexibility index (Phi) is 5.99. The van der Waals surface area contributed by atoms with E-state index in [9.17, 15) is 5.11 Å². The van der Waals surface area contributed by atoms with Gasteiger partial charge >= 0.3 is 0 Å². The number of aromatic nitrogens is 2. The standard InChI is InChI=1S/C16H27N3O4/c1-2-15-17-16(18-23-15)14-6-3-7-19(14)9-12(20)10-21-11-13-5-4-8-22-13/h12-14,20H,2-11H2,1H3/t12-,13-,14-/m0/s1. The van der Waals surface area contributed by atoms with E-state index in [2.05, 4.69) is 15.0 Å². The number of hydrogen-bond donors (Lipinski definition) is 1. The minimum absolute atomic E-state index is 0.145. The van der Waals surface area contributed by atoms with Crippen molar-refractivity contribution in [2.45, 2.75) is 57.3 Å². The lowest BCUT2D eigenvalue weighted by atomic mass is 10.2. The minimum Gasteiger partial charge on any atom is -0.389 e. The molecule has 0 unspecified atom stereocenters. The molecule has 0 aliphatic carbocycles. The van der Waals surface area contributed by atoms with E-state index < -0.39 is 6.10 Å². The fraction of sp³-hybridized carbons (Fsp3) is 0.875. The molecule has 2 aliphatic rings. The number of nitrogens with zero attached hydrogens (tertiary/aromatic N) is 3. The zero-order valence-electron chi connectivity index (χ0n) is 13.8. The average molecular weight is 325 g/mol. The second-order valence-corrected chi connectivity index (χ2v) is 6.38. The van der Waals surface area contributed by atoms with E-state index in [4.69, 9.17) is 14.0 Å². The van der Waals surface area contributed by atoms with Crippen LogP contribution in [0.5, 0.6) is 0 Å². The minimum atomic E-state index is -0.505. The molecule has 7 heteroatoms. The van der Waals surface area contributed by atoms with Crippen LogP contribution < -0.4 is 0 Å². The van der Waals surface area contributed by atoms with Crippen molar-refractivity contribution in [1.82, 2.24) is 15.0 Å². The third kappa shape index (κ3) is 4.50. The Labute approximate surface area is 136 Å². The SMILES string of the molecule is CCc1nc([C@@H]2CCCN2C[C@H](O)COC[C@@H]2CCCO2)no1. The monoisotopic (exact) mass is 325 g/mol. The van der Waals surface area contributed by atoms with Crippen molar-refractivity contribution in [1.29, 1.82) is 0 Å². The van der Waals surface area contributed by atoms with Crippen LogP contribution in [-0.2, 0) is 15.9 Å². The summed E-state index contributed by atoms with van der Waals surface area (Å²) in [5.41, 5.74) is 0. The lowest BCUT2D eigenvalue weighted by Crippen LogP contribution is -2.35. The Morgan fingerprint density at radius 3 is 3.04 bits per heavy atom. The molecule has 0 aromatic carbocycles. The van der Waals surface area contributed by atoms with Crippen LogP contribution in [0.4, 0.5) is 0 Å². The van der Waals surface area contributed by atoms with Crippen LogP contribution in [0.25, 0.3) is 0 Å². The molecule has 3 rings (SSSR count). The van der Waals surface area contributed by atoms with E-state index in [1.807, 2.05) is 6.92 Å². The van der Waals surface area contributed by atoms with Crippen molar-refractivity contribution in [2.24, 2.45) is 0 Å². The maximum absolute atomic E-state index is 10.2. The molecule has 1 N–H and O–H groups in total. The highest BCUT2D eigenvalue weighted by atomic mass is 16.5. The number of likely N-dealkylation sites (tertiary alicyclic amines) is 1. The number of β-amino-alcohol motifs (C(OH)–C–C–N with tert-alkyl or cyclic N) is 1. The maximum Gasteiger partial charge on any atom is 0.226 e. The Balaban J connectivity index is 1.43. The predicted molar refractivity (Wildman–Crippen MR) is 83.0 cm³/mol. The van der Waals surface area contributed by atoms with Gasteiger partial charge in [0.15, 0.2) is 5.82 Å². The molecule has 0 amide bonds. The van der Waals surface area contributed by atoms with Gasteiger partial charge in [0.1, 0.15) is 0 Å². The first-order chi connectivity index (χ1) is 11.3. The van der Waals surface area contributed by atoms with Gasteiger partial charge in [0.05, 0.1) is 31.5 Å². The Morgan fingerprint density at radius 2 is 2.30 bits per heavy atom. The van der Waals surface area contributed by atoms with Crippen LogP contribution >= 0.6 is 0 Å². The number of aliphatic hydroxyl groups is 1. The zero-order chi connectivity index (χ0) is 16.1. The number of hydrogen-bond acceptors (Lipinski definition) is 7. The van der Waals surface area contributed by atoms with E-state index in [-0.39, 0.29) is 12.1 Å². The molecule has 2 fully saturated rings. The van der Waals surface area contributed by atoms with Gasteiger partial charge in [-0.05, 0) is 32.2 Å². The summed E-state index contributed by atoms with van der Waals surface area (Å²) in [6.45, 7) is 5.27. The van der Waals surface area contributed by atoms with E-state index in [1.54, 1.807) is 0 Å². The van der Waals surface area contributed by atoms with Gasteiger partial charge in [-0.3, -0.25) is 4.90 Å². The summed E-state index contributed by atoms with van der Waals surface area (Å²) >= 11 is 0. The topological polar surface area (TPSA) is 80.9 Å². The number of rotatable bonds is 8. The molecule has 2 saturated heterocycles. The first-order valence-electron chi connectivity index (χ1n) is 8.70. The van der Waals surface area contributed by atoms with E-state index >= 15 is 0 Å². The molecule has 2 aliphatic heterocycles. The first-order valence-corrected chi connectivity index (χ1v) is 8.70. The Hall–Kier alpha value is -1.02. The Morgan fingerprint density at radius 1 is 1.39 bits per heavy atom. The van der Waals surface area contributed by atoms with Crippen LogP contribution in [0.2, 0.25) is 0 Å². The third-order valence-corrected chi connectivity index (χ3v) is 4.53. The Bertz CT molecular complexity index is 476. The molecule has 0 bridgehead atoms. The van der Waals surface area contributed by atoms with Crippen molar-refractivity contribution in [3.63, 3.8) is 0 Å². The van der Waals surface area contributed by atoms with Gasteiger partial charge in [-0.25, -0.2) is 0 Å². The summed E-state index contributed by atoms with van der Waals surface area (Å²) in [6, 6.07) is 0.145. The number of ether oxygens (including phenoxy) is 2. The van der Waals surface area contributed by atoms with Gasteiger partial charge in [0, 0.05) is 19.6 Å². The van der Waals surface area contributed by atoms with E-state index in [0.717, 1.165) is 51.1 Å². The first kappa shape index (κ1) is 16.8. The highest BCUT2D eigenvalue weighted by molar-refractivity contribution is 4.98. The van der Waals surface area contributed by atoms with Crippen LogP contribution in [-0.4, -0.2) is 65.3 Å². The van der Waals surface area contributed by atoms with Crippen LogP contribution in [0.1, 0.15) is 50.4 Å². The van der Waals surface area contributed by atoms with Gasteiger partial charge < -0.3 is 19.1 Å². The van der Waals surface area contributed by atoms with Crippen molar-refractivity contribution in [3.8, 4) is 0 Å². The van der Waals surface area contributed by atoms with E-state index in [0.29, 0.717) is 25.6 Å². The molecule has 1 aromatic heterocycles. The maximum atomic E-state index is 10.2. The second-order valence-electron chi connectivity index (χ2n) is 6.38. The molecule has 130 valence electrons. The summed E-state index contributed by atoms with van der Waals surface area (Å²) in [4.78, 5) is 6.66. The van der Waals surface area contributed by atoms with Gasteiger partial charge in [-0.1, -0.05) is 12.1 Å². The fourth-order valence-electron chi connectivity index (χ4n) is 3.32. The van der Waals surface area contributed by atoms with Crippen molar-refractivity contribution < 1.29 is 19.1 Å². The summed E-state index contributed by atoms with van der Waals surface area (Å²) < 4.78 is 16.3. The quantitative estimate of drug-likeness (QED) is 0.772. The van der Waals surface area contributed by atoms with E-state index in [1.165, 1.54) is 0 Å². The summed E-state index contributed by atoms with van der Waals surface area (Å²) in [5.74, 6) is 1.42. The largest absolute Gasteiger partial charge is 0.389 e. The molecular formula is C16H27N3O4. The molecule has 0 spiro atoms. The molecule has 3 heterocycles. The van der Waals surface area contributed by atoms with Gasteiger partial charge in [-0.2, -0.15) is 4.98 Å². The summed E-state index contributed by atoms with van der Waals surface area (Å²) in [7, 11) is 0. The van der Waals surface area contributed by atoms with Crippen LogP contribution in [0.15, 0.2) is 4.52 Å². The molecule has 0 radical (unpaired) electrons. The summed E-state index contributed by atoms with van der Waals surface area (Å²) in [6.07, 6.45) is 4.71.